The molecule has 6 nitrogen and oxygen atoms in total. The van der Waals surface area contributed by atoms with Gasteiger partial charge in [-0.3, -0.25) is 9.59 Å². The first-order valence-electron chi connectivity index (χ1n) is 6.89. The molecule has 0 aliphatic rings. The monoisotopic (exact) mass is 346 g/mol. The van der Waals surface area contributed by atoms with Crippen molar-refractivity contribution in [3.63, 3.8) is 0 Å². The van der Waals surface area contributed by atoms with Gasteiger partial charge in [-0.25, -0.2) is 4.98 Å². The number of carbonyl (C=O) groups is 1. The second kappa shape index (κ2) is 6.51. The highest BCUT2D eigenvalue weighted by Gasteiger charge is 2.09. The van der Waals surface area contributed by atoms with E-state index < -0.39 is 0 Å². The Balaban J connectivity index is 1.84. The third-order valence-electron chi connectivity index (χ3n) is 2.97. The molecule has 1 N–H and O–H groups in total. The van der Waals surface area contributed by atoms with Crippen molar-refractivity contribution in [2.75, 3.05) is 5.32 Å². The van der Waals surface area contributed by atoms with Crippen molar-refractivity contribution >= 4 is 39.7 Å². The number of para-hydroxylation sites is 1. The predicted octanol–water partition coefficient (Wildman–Crippen LogP) is 2.71. The minimum absolute atomic E-state index is 0.115. The van der Waals surface area contributed by atoms with Crippen LogP contribution in [0.2, 0.25) is 0 Å². The number of aromatic nitrogens is 3. The van der Waals surface area contributed by atoms with Gasteiger partial charge in [-0.05, 0) is 19.1 Å². The van der Waals surface area contributed by atoms with Crippen LogP contribution in [0.5, 0.6) is 0 Å². The first-order chi connectivity index (χ1) is 11.0. The zero-order chi connectivity index (χ0) is 16.4. The molecule has 8 heteroatoms. The molecular weight excluding hydrogens is 332 g/mol. The normalized spacial score (nSPS) is 10.9. The van der Waals surface area contributed by atoms with E-state index in [0.29, 0.717) is 16.4 Å². The number of fused-ring (bicyclic) bond motifs is 1. The molecule has 3 aromatic rings. The average Bonchev–Trinajstić information content (AvgIpc) is 2.87. The third-order valence-corrected chi connectivity index (χ3v) is 4.90. The van der Waals surface area contributed by atoms with Crippen LogP contribution >= 0.6 is 23.1 Å². The lowest BCUT2D eigenvalue weighted by molar-refractivity contribution is -0.114. The summed E-state index contributed by atoms with van der Waals surface area (Å²) in [6, 6.07) is 9.05. The van der Waals surface area contributed by atoms with Crippen molar-refractivity contribution < 1.29 is 4.79 Å². The number of aryl methyl sites for hydroxylation is 1. The summed E-state index contributed by atoms with van der Waals surface area (Å²) < 4.78 is 1.32. The molecule has 0 radical (unpaired) electrons. The van der Waals surface area contributed by atoms with Gasteiger partial charge in [0.05, 0.1) is 11.4 Å². The van der Waals surface area contributed by atoms with Crippen LogP contribution in [-0.4, -0.2) is 20.5 Å². The van der Waals surface area contributed by atoms with E-state index in [-0.39, 0.29) is 11.5 Å². The SMILES string of the molecule is CC(=O)Nc1ccccc1SCc1cc(=O)n2nc(C)sc2n1. The molecule has 23 heavy (non-hydrogen) atoms. The number of rotatable bonds is 4. The summed E-state index contributed by atoms with van der Waals surface area (Å²) in [4.78, 5) is 29.3. The van der Waals surface area contributed by atoms with Gasteiger partial charge in [0.15, 0.2) is 0 Å². The minimum atomic E-state index is -0.176. The van der Waals surface area contributed by atoms with Crippen LogP contribution in [-0.2, 0) is 10.5 Å². The largest absolute Gasteiger partial charge is 0.325 e. The lowest BCUT2D eigenvalue weighted by Gasteiger charge is -2.08. The Morgan fingerprint density at radius 3 is 2.96 bits per heavy atom. The average molecular weight is 346 g/mol. The summed E-state index contributed by atoms with van der Waals surface area (Å²) in [7, 11) is 0. The smallest absolute Gasteiger partial charge is 0.275 e. The summed E-state index contributed by atoms with van der Waals surface area (Å²) in [6.07, 6.45) is 0. The van der Waals surface area contributed by atoms with E-state index in [2.05, 4.69) is 15.4 Å². The zero-order valence-electron chi connectivity index (χ0n) is 12.6. The van der Waals surface area contributed by atoms with Crippen LogP contribution in [0.25, 0.3) is 4.96 Å². The molecule has 3 rings (SSSR count). The van der Waals surface area contributed by atoms with Crippen LogP contribution < -0.4 is 10.9 Å². The second-order valence-corrected chi connectivity index (χ2v) is 7.04. The Morgan fingerprint density at radius 1 is 1.39 bits per heavy atom. The summed E-state index contributed by atoms with van der Waals surface area (Å²) in [5.41, 5.74) is 1.28. The Hall–Kier alpha value is -2.19. The first kappa shape index (κ1) is 15.7. The van der Waals surface area contributed by atoms with Crippen molar-refractivity contribution in [3.05, 3.63) is 51.4 Å². The van der Waals surface area contributed by atoms with Crippen molar-refractivity contribution in [1.29, 1.82) is 0 Å². The third kappa shape index (κ3) is 3.59. The van der Waals surface area contributed by atoms with Gasteiger partial charge in [0, 0.05) is 23.6 Å². The van der Waals surface area contributed by atoms with E-state index in [1.54, 1.807) is 0 Å². The standard InChI is InChI=1S/C15H14N4O2S2/c1-9(20)16-12-5-3-4-6-13(12)22-8-11-7-14(21)19-15(17-11)23-10(2)18-19/h3-7H,8H2,1-2H3,(H,16,20). The number of nitrogens with zero attached hydrogens (tertiary/aromatic N) is 3. The quantitative estimate of drug-likeness (QED) is 0.735. The van der Waals surface area contributed by atoms with Crippen molar-refractivity contribution in [2.45, 2.75) is 24.5 Å². The summed E-state index contributed by atoms with van der Waals surface area (Å²) in [6.45, 7) is 3.32. The molecule has 0 fully saturated rings. The highest BCUT2D eigenvalue weighted by Crippen LogP contribution is 2.29. The molecule has 0 aliphatic carbocycles. The van der Waals surface area contributed by atoms with Crippen LogP contribution in [0.1, 0.15) is 17.6 Å². The fourth-order valence-electron chi connectivity index (χ4n) is 2.06. The van der Waals surface area contributed by atoms with E-state index in [1.807, 2.05) is 31.2 Å². The molecule has 1 amide bonds. The molecule has 2 aromatic heterocycles. The fourth-order valence-corrected chi connectivity index (χ4v) is 3.73. The number of thioether (sulfide) groups is 1. The van der Waals surface area contributed by atoms with Crippen LogP contribution in [0.3, 0.4) is 0 Å². The number of anilines is 1. The Bertz CT molecular complexity index is 933. The highest BCUT2D eigenvalue weighted by atomic mass is 32.2. The number of carbonyl (C=O) groups excluding carboxylic acids is 1. The maximum absolute atomic E-state index is 12.0. The van der Waals surface area contributed by atoms with Gasteiger partial charge in [-0.2, -0.15) is 9.61 Å². The molecule has 118 valence electrons. The summed E-state index contributed by atoms with van der Waals surface area (Å²) in [5.74, 6) is 0.426. The zero-order valence-corrected chi connectivity index (χ0v) is 14.2. The van der Waals surface area contributed by atoms with E-state index in [1.165, 1.54) is 40.6 Å². The molecular formula is C15H14N4O2S2. The lowest BCUT2D eigenvalue weighted by Crippen LogP contribution is -2.15. The van der Waals surface area contributed by atoms with E-state index in [0.717, 1.165) is 15.6 Å². The maximum atomic E-state index is 12.0. The fraction of sp³-hybridized carbons (Fsp3) is 0.200. The first-order valence-corrected chi connectivity index (χ1v) is 8.69. The molecule has 0 saturated carbocycles. The van der Waals surface area contributed by atoms with Gasteiger partial charge in [-0.1, -0.05) is 23.5 Å². The molecule has 0 aliphatic heterocycles. The summed E-state index contributed by atoms with van der Waals surface area (Å²) >= 11 is 2.91. The van der Waals surface area contributed by atoms with Gasteiger partial charge >= 0.3 is 0 Å². The highest BCUT2D eigenvalue weighted by molar-refractivity contribution is 7.98. The van der Waals surface area contributed by atoms with E-state index in [9.17, 15) is 9.59 Å². The second-order valence-electron chi connectivity index (χ2n) is 4.87. The summed E-state index contributed by atoms with van der Waals surface area (Å²) in [5, 5.41) is 7.73. The number of amides is 1. The lowest BCUT2D eigenvalue weighted by atomic mass is 10.3. The van der Waals surface area contributed by atoms with Gasteiger partial charge in [0.1, 0.15) is 5.01 Å². The van der Waals surface area contributed by atoms with Gasteiger partial charge in [0.2, 0.25) is 10.9 Å². The molecule has 1 aromatic carbocycles. The van der Waals surface area contributed by atoms with Crippen molar-refractivity contribution in [1.82, 2.24) is 14.6 Å². The number of hydrogen-bond acceptors (Lipinski definition) is 6. The van der Waals surface area contributed by atoms with Crippen molar-refractivity contribution in [3.8, 4) is 0 Å². The Morgan fingerprint density at radius 2 is 2.17 bits per heavy atom. The molecule has 2 heterocycles. The minimum Gasteiger partial charge on any atom is -0.325 e. The van der Waals surface area contributed by atoms with Gasteiger partial charge in [0.25, 0.3) is 5.56 Å². The Labute approximate surface area is 140 Å². The number of benzene rings is 1. The molecule has 0 spiro atoms. The molecule has 0 atom stereocenters. The number of hydrogen-bond donors (Lipinski definition) is 1. The number of nitrogens with one attached hydrogen (secondary N) is 1. The van der Waals surface area contributed by atoms with Crippen molar-refractivity contribution in [2.24, 2.45) is 0 Å². The van der Waals surface area contributed by atoms with Crippen LogP contribution in [0, 0.1) is 6.92 Å². The molecule has 0 unspecified atom stereocenters. The maximum Gasteiger partial charge on any atom is 0.275 e. The topological polar surface area (TPSA) is 76.4 Å². The van der Waals surface area contributed by atoms with Gasteiger partial charge in [-0.15, -0.1) is 11.8 Å². The van der Waals surface area contributed by atoms with Crippen LogP contribution in [0.15, 0.2) is 40.0 Å². The van der Waals surface area contributed by atoms with E-state index >= 15 is 0 Å². The van der Waals surface area contributed by atoms with Gasteiger partial charge < -0.3 is 5.32 Å². The molecule has 0 saturated heterocycles. The Kier molecular flexibility index (Phi) is 4.44. The molecule has 0 bridgehead atoms. The van der Waals surface area contributed by atoms with E-state index in [4.69, 9.17) is 0 Å². The predicted molar refractivity (Wildman–Crippen MR) is 92.2 cm³/mol. The van der Waals surface area contributed by atoms with Crippen LogP contribution in [0.4, 0.5) is 5.69 Å².